The van der Waals surface area contributed by atoms with Gasteiger partial charge in [0.1, 0.15) is 18.1 Å². The van der Waals surface area contributed by atoms with Crippen LogP contribution in [0.2, 0.25) is 0 Å². The number of benzene rings is 1. The van der Waals surface area contributed by atoms with Gasteiger partial charge in [-0.25, -0.2) is 4.98 Å². The molecule has 2 aromatic heterocycles. The maximum atomic E-state index is 12.2. The molecule has 0 bridgehead atoms. The number of ether oxygens (including phenoxy) is 1. The molecular formula is C16H17BrN6O3. The van der Waals surface area contributed by atoms with E-state index >= 15 is 0 Å². The molecule has 0 aliphatic rings. The summed E-state index contributed by atoms with van der Waals surface area (Å²) in [7, 11) is 0. The first-order valence-corrected chi connectivity index (χ1v) is 8.69. The van der Waals surface area contributed by atoms with Gasteiger partial charge in [0.2, 0.25) is 11.7 Å². The van der Waals surface area contributed by atoms with E-state index < -0.39 is 6.04 Å². The second-order valence-electron chi connectivity index (χ2n) is 5.82. The number of nitrogens with zero attached hydrogens (tertiary/aromatic N) is 4. The Morgan fingerprint density at radius 1 is 1.35 bits per heavy atom. The normalized spacial score (nSPS) is 12.2. The molecule has 0 spiro atoms. The molecule has 1 aromatic carbocycles. The van der Waals surface area contributed by atoms with Crippen molar-refractivity contribution in [2.75, 3.05) is 6.61 Å². The van der Waals surface area contributed by atoms with Crippen LogP contribution in [-0.4, -0.2) is 37.8 Å². The summed E-state index contributed by atoms with van der Waals surface area (Å²) in [6.07, 6.45) is 1.35. The monoisotopic (exact) mass is 420 g/mol. The number of hydrogen-bond acceptors (Lipinski definition) is 7. The number of H-pyrrole nitrogens is 1. The fourth-order valence-corrected chi connectivity index (χ4v) is 2.44. The standard InChI is InChI=1S/C16H17BrN6O3/c1-9(2)13(16-21-15(23-26-16)14-18-8-19-22-14)20-12(24)7-25-11-5-3-10(17)4-6-11/h3-6,8-9,13H,7H2,1-2H3,(H,20,24)(H,18,19,22)/t13-/m1/s1. The van der Waals surface area contributed by atoms with Crippen molar-refractivity contribution in [1.82, 2.24) is 30.6 Å². The molecule has 0 saturated heterocycles. The number of hydrogen-bond donors (Lipinski definition) is 2. The lowest BCUT2D eigenvalue weighted by Gasteiger charge is -2.18. The van der Waals surface area contributed by atoms with Crippen LogP contribution in [0, 0.1) is 5.92 Å². The Morgan fingerprint density at radius 3 is 2.77 bits per heavy atom. The number of carbonyl (C=O) groups excluding carboxylic acids is 1. The number of carbonyl (C=O) groups is 1. The fraction of sp³-hybridized carbons (Fsp3) is 0.312. The second-order valence-corrected chi connectivity index (χ2v) is 6.74. The molecule has 0 unspecified atom stereocenters. The third kappa shape index (κ3) is 4.45. The van der Waals surface area contributed by atoms with Crippen LogP contribution in [0.15, 0.2) is 39.6 Å². The van der Waals surface area contributed by atoms with E-state index in [2.05, 4.69) is 46.6 Å². The van der Waals surface area contributed by atoms with Crippen molar-refractivity contribution in [2.24, 2.45) is 5.92 Å². The lowest BCUT2D eigenvalue weighted by molar-refractivity contribution is -0.124. The summed E-state index contributed by atoms with van der Waals surface area (Å²) in [5, 5.41) is 13.1. The van der Waals surface area contributed by atoms with E-state index in [1.807, 2.05) is 26.0 Å². The highest BCUT2D eigenvalue weighted by Crippen LogP contribution is 2.22. The van der Waals surface area contributed by atoms with Gasteiger partial charge in [-0.1, -0.05) is 34.9 Å². The van der Waals surface area contributed by atoms with Gasteiger partial charge in [0, 0.05) is 4.47 Å². The molecule has 136 valence electrons. The summed E-state index contributed by atoms with van der Waals surface area (Å²) >= 11 is 3.35. The Morgan fingerprint density at radius 2 is 2.12 bits per heavy atom. The number of aromatic amines is 1. The number of nitrogens with one attached hydrogen (secondary N) is 2. The molecule has 1 amide bonds. The van der Waals surface area contributed by atoms with Gasteiger partial charge >= 0.3 is 0 Å². The topological polar surface area (TPSA) is 119 Å². The Hall–Kier alpha value is -2.75. The average molecular weight is 421 g/mol. The van der Waals surface area contributed by atoms with E-state index in [-0.39, 0.29) is 24.3 Å². The van der Waals surface area contributed by atoms with Gasteiger partial charge < -0.3 is 14.6 Å². The molecule has 2 heterocycles. The maximum absolute atomic E-state index is 12.2. The second kappa shape index (κ2) is 8.09. The van der Waals surface area contributed by atoms with Crippen molar-refractivity contribution in [3.05, 3.63) is 41.0 Å². The van der Waals surface area contributed by atoms with Crippen molar-refractivity contribution in [3.63, 3.8) is 0 Å². The molecule has 26 heavy (non-hydrogen) atoms. The van der Waals surface area contributed by atoms with Gasteiger partial charge in [0.15, 0.2) is 12.4 Å². The summed E-state index contributed by atoms with van der Waals surface area (Å²) in [5.74, 6) is 1.33. The number of amides is 1. The van der Waals surface area contributed by atoms with Crippen LogP contribution < -0.4 is 10.1 Å². The highest BCUT2D eigenvalue weighted by Gasteiger charge is 2.25. The predicted molar refractivity (Wildman–Crippen MR) is 95.0 cm³/mol. The lowest BCUT2D eigenvalue weighted by Crippen LogP contribution is -2.35. The lowest BCUT2D eigenvalue weighted by atomic mass is 10.0. The van der Waals surface area contributed by atoms with E-state index in [4.69, 9.17) is 9.26 Å². The Balaban J connectivity index is 1.63. The van der Waals surface area contributed by atoms with Gasteiger partial charge in [0.25, 0.3) is 5.91 Å². The zero-order valence-corrected chi connectivity index (χ0v) is 15.7. The molecule has 2 N–H and O–H groups in total. The smallest absolute Gasteiger partial charge is 0.258 e. The van der Waals surface area contributed by atoms with Crippen LogP contribution in [0.5, 0.6) is 5.75 Å². The largest absolute Gasteiger partial charge is 0.484 e. The highest BCUT2D eigenvalue weighted by molar-refractivity contribution is 9.10. The van der Waals surface area contributed by atoms with Crippen LogP contribution >= 0.6 is 15.9 Å². The van der Waals surface area contributed by atoms with Crippen LogP contribution in [0.4, 0.5) is 0 Å². The maximum Gasteiger partial charge on any atom is 0.258 e. The molecule has 0 fully saturated rings. The Labute approximate surface area is 157 Å². The SMILES string of the molecule is CC(C)[C@@H](NC(=O)COc1ccc(Br)cc1)c1nc(-c2ncn[nH]2)no1. The molecule has 9 nitrogen and oxygen atoms in total. The number of halogens is 1. The first-order valence-electron chi connectivity index (χ1n) is 7.90. The molecule has 0 aliphatic heterocycles. The summed E-state index contributed by atoms with van der Waals surface area (Å²) in [6.45, 7) is 3.77. The molecule has 3 rings (SSSR count). The van der Waals surface area contributed by atoms with Crippen molar-refractivity contribution >= 4 is 21.8 Å². The Bertz CT molecular complexity index is 847. The van der Waals surface area contributed by atoms with Crippen molar-refractivity contribution in [3.8, 4) is 17.4 Å². The molecule has 3 aromatic rings. The molecular weight excluding hydrogens is 404 g/mol. The third-order valence-electron chi connectivity index (χ3n) is 3.50. The highest BCUT2D eigenvalue weighted by atomic mass is 79.9. The van der Waals surface area contributed by atoms with Gasteiger partial charge in [-0.05, 0) is 30.2 Å². The van der Waals surface area contributed by atoms with E-state index in [1.165, 1.54) is 6.33 Å². The summed E-state index contributed by atoms with van der Waals surface area (Å²) < 4.78 is 11.7. The van der Waals surface area contributed by atoms with Crippen LogP contribution in [-0.2, 0) is 4.79 Å². The van der Waals surface area contributed by atoms with Crippen molar-refractivity contribution in [1.29, 1.82) is 0 Å². The first-order chi connectivity index (χ1) is 12.5. The van der Waals surface area contributed by atoms with Crippen LogP contribution in [0.3, 0.4) is 0 Å². The van der Waals surface area contributed by atoms with Gasteiger partial charge in [0.05, 0.1) is 0 Å². The number of aromatic nitrogens is 5. The average Bonchev–Trinajstić information content (AvgIpc) is 3.30. The number of rotatable bonds is 7. The summed E-state index contributed by atoms with van der Waals surface area (Å²) in [6, 6.07) is 6.79. The van der Waals surface area contributed by atoms with E-state index in [1.54, 1.807) is 12.1 Å². The molecule has 0 radical (unpaired) electrons. The summed E-state index contributed by atoms with van der Waals surface area (Å²) in [5.41, 5.74) is 0. The minimum absolute atomic E-state index is 0.0367. The molecule has 0 saturated carbocycles. The predicted octanol–water partition coefficient (Wildman–Crippen LogP) is 2.51. The zero-order chi connectivity index (χ0) is 18.5. The Kier molecular flexibility index (Phi) is 5.61. The van der Waals surface area contributed by atoms with Crippen LogP contribution in [0.1, 0.15) is 25.8 Å². The fourth-order valence-electron chi connectivity index (χ4n) is 2.18. The quantitative estimate of drug-likeness (QED) is 0.602. The third-order valence-corrected chi connectivity index (χ3v) is 4.03. The van der Waals surface area contributed by atoms with E-state index in [0.29, 0.717) is 17.5 Å². The summed E-state index contributed by atoms with van der Waals surface area (Å²) in [4.78, 5) is 20.5. The van der Waals surface area contributed by atoms with Gasteiger partial charge in [-0.3, -0.25) is 9.89 Å². The van der Waals surface area contributed by atoms with Gasteiger partial charge in [-0.15, -0.1) is 0 Å². The van der Waals surface area contributed by atoms with Crippen molar-refractivity contribution < 1.29 is 14.1 Å². The molecule has 1 atom stereocenters. The molecule has 10 heteroatoms. The van der Waals surface area contributed by atoms with Crippen molar-refractivity contribution in [2.45, 2.75) is 19.9 Å². The minimum Gasteiger partial charge on any atom is -0.484 e. The minimum atomic E-state index is -0.444. The zero-order valence-electron chi connectivity index (χ0n) is 14.1. The van der Waals surface area contributed by atoms with Crippen LogP contribution in [0.25, 0.3) is 11.6 Å². The van der Waals surface area contributed by atoms with Gasteiger partial charge in [-0.2, -0.15) is 10.1 Å². The molecule has 0 aliphatic carbocycles. The first kappa shape index (κ1) is 18.1. The van der Waals surface area contributed by atoms with E-state index in [9.17, 15) is 4.79 Å². The van der Waals surface area contributed by atoms with E-state index in [0.717, 1.165) is 4.47 Å².